The van der Waals surface area contributed by atoms with Crippen LogP contribution in [0.1, 0.15) is 29.6 Å². The van der Waals surface area contributed by atoms with Gasteiger partial charge in [-0.15, -0.1) is 0 Å². The van der Waals surface area contributed by atoms with Gasteiger partial charge in [0.25, 0.3) is 5.91 Å². The molecule has 0 radical (unpaired) electrons. The number of rotatable bonds is 12. The number of hydrogen-bond donors (Lipinski definition) is 2. The number of methoxy groups -OCH3 is 2. The van der Waals surface area contributed by atoms with Crippen molar-refractivity contribution >= 4 is 15.9 Å². The maximum Gasteiger partial charge on any atom is 0.251 e. The predicted octanol–water partition coefficient (Wildman–Crippen LogP) is 0.919. The van der Waals surface area contributed by atoms with Gasteiger partial charge in [0, 0.05) is 31.9 Å². The van der Waals surface area contributed by atoms with Crippen LogP contribution in [0, 0.1) is 0 Å². The van der Waals surface area contributed by atoms with Crippen molar-refractivity contribution in [2.24, 2.45) is 0 Å². The van der Waals surface area contributed by atoms with E-state index in [9.17, 15) is 13.2 Å². The molecule has 2 N–H and O–H groups in total. The van der Waals surface area contributed by atoms with E-state index in [1.165, 1.54) is 19.2 Å². The Morgan fingerprint density at radius 3 is 2.62 bits per heavy atom. The van der Waals surface area contributed by atoms with Gasteiger partial charge < -0.3 is 19.5 Å². The molecule has 9 heteroatoms. The van der Waals surface area contributed by atoms with Gasteiger partial charge in [0.1, 0.15) is 10.6 Å². The molecule has 1 aromatic rings. The summed E-state index contributed by atoms with van der Waals surface area (Å²) < 4.78 is 42.9. The molecular weight excluding hydrogens is 360 g/mol. The minimum atomic E-state index is -3.72. The second-order valence-corrected chi connectivity index (χ2v) is 7.66. The van der Waals surface area contributed by atoms with Crippen molar-refractivity contribution < 1.29 is 27.4 Å². The Morgan fingerprint density at radius 1 is 1.19 bits per heavy atom. The van der Waals surface area contributed by atoms with Gasteiger partial charge in [-0.1, -0.05) is 0 Å². The molecule has 146 valence electrons. The summed E-state index contributed by atoms with van der Waals surface area (Å²) in [5.41, 5.74) is 0.266. The van der Waals surface area contributed by atoms with E-state index in [-0.39, 0.29) is 28.2 Å². The van der Waals surface area contributed by atoms with Crippen molar-refractivity contribution in [3.63, 3.8) is 0 Å². The van der Waals surface area contributed by atoms with Crippen molar-refractivity contribution in [1.29, 1.82) is 0 Å². The van der Waals surface area contributed by atoms with Gasteiger partial charge in [-0.05, 0) is 37.5 Å². The van der Waals surface area contributed by atoms with Crippen molar-refractivity contribution in [2.75, 3.05) is 40.6 Å². The Balaban J connectivity index is 1.94. The molecule has 0 bridgehead atoms. The number of amides is 1. The highest BCUT2D eigenvalue weighted by Crippen LogP contribution is 2.28. The van der Waals surface area contributed by atoms with Crippen LogP contribution in [0.25, 0.3) is 0 Å². The maximum absolute atomic E-state index is 12.5. The average Bonchev–Trinajstić information content (AvgIpc) is 3.43. The number of sulfonamides is 1. The van der Waals surface area contributed by atoms with Gasteiger partial charge in [-0.2, -0.15) is 0 Å². The quantitative estimate of drug-likeness (QED) is 0.518. The maximum atomic E-state index is 12.5. The van der Waals surface area contributed by atoms with Crippen LogP contribution < -0.4 is 14.8 Å². The topological polar surface area (TPSA) is 103 Å². The van der Waals surface area contributed by atoms with Crippen LogP contribution >= 0.6 is 0 Å². The van der Waals surface area contributed by atoms with Crippen molar-refractivity contribution in [2.45, 2.75) is 30.2 Å². The lowest BCUT2D eigenvalue weighted by Gasteiger charge is -2.12. The Bertz CT molecular complexity index is 703. The molecule has 1 amide bonds. The predicted molar refractivity (Wildman–Crippen MR) is 96.0 cm³/mol. The third kappa shape index (κ3) is 6.24. The van der Waals surface area contributed by atoms with Crippen LogP contribution in [0.5, 0.6) is 5.75 Å². The Hall–Kier alpha value is -1.68. The fourth-order valence-electron chi connectivity index (χ4n) is 2.23. The lowest BCUT2D eigenvalue weighted by molar-refractivity contribution is 0.0688. The lowest BCUT2D eigenvalue weighted by atomic mass is 10.2. The molecule has 0 saturated heterocycles. The smallest absolute Gasteiger partial charge is 0.251 e. The number of carbonyl (C=O) groups is 1. The molecule has 1 saturated carbocycles. The summed E-state index contributed by atoms with van der Waals surface area (Å²) in [6.45, 7) is 1.99. The van der Waals surface area contributed by atoms with Crippen molar-refractivity contribution in [3.05, 3.63) is 23.8 Å². The Kier molecular flexibility index (Phi) is 7.83. The molecule has 1 aliphatic rings. The highest BCUT2D eigenvalue weighted by Gasteiger charge is 2.30. The highest BCUT2D eigenvalue weighted by atomic mass is 32.2. The third-order valence-corrected chi connectivity index (χ3v) is 5.34. The van der Waals surface area contributed by atoms with Crippen LogP contribution in [0.2, 0.25) is 0 Å². The number of carbonyl (C=O) groups excluding carboxylic acids is 1. The van der Waals surface area contributed by atoms with Crippen LogP contribution in [0.3, 0.4) is 0 Å². The van der Waals surface area contributed by atoms with Gasteiger partial charge in [-0.3, -0.25) is 4.79 Å². The zero-order valence-electron chi connectivity index (χ0n) is 15.1. The van der Waals surface area contributed by atoms with Gasteiger partial charge in [-0.25, -0.2) is 13.1 Å². The van der Waals surface area contributed by atoms with Crippen LogP contribution in [0.15, 0.2) is 23.1 Å². The second kappa shape index (κ2) is 9.86. The first-order valence-electron chi connectivity index (χ1n) is 8.53. The van der Waals surface area contributed by atoms with Gasteiger partial charge in [0.15, 0.2) is 0 Å². The zero-order valence-corrected chi connectivity index (χ0v) is 15.9. The third-order valence-electron chi connectivity index (χ3n) is 3.80. The van der Waals surface area contributed by atoms with E-state index >= 15 is 0 Å². The van der Waals surface area contributed by atoms with E-state index in [2.05, 4.69) is 10.0 Å². The standard InChI is InChI=1S/C17H26N2O6S/c1-23-10-11-25-9-3-8-18-17(20)13-4-7-15(24-2)16(12-13)26(21,22)19-14-5-6-14/h4,7,12,14,19H,3,5-6,8-11H2,1-2H3,(H,18,20). The van der Waals surface area contributed by atoms with Crippen LogP contribution in [0.4, 0.5) is 0 Å². The summed E-state index contributed by atoms with van der Waals surface area (Å²) in [4.78, 5) is 12.2. The first-order valence-corrected chi connectivity index (χ1v) is 10.0. The lowest BCUT2D eigenvalue weighted by Crippen LogP contribution is -2.28. The second-order valence-electron chi connectivity index (χ2n) is 5.98. The summed E-state index contributed by atoms with van der Waals surface area (Å²) in [5, 5.41) is 2.75. The van der Waals surface area contributed by atoms with Crippen molar-refractivity contribution in [1.82, 2.24) is 10.0 Å². The number of nitrogens with one attached hydrogen (secondary N) is 2. The number of hydrogen-bond acceptors (Lipinski definition) is 6. The van der Waals surface area contributed by atoms with Gasteiger partial charge >= 0.3 is 0 Å². The normalized spacial score (nSPS) is 14.2. The molecule has 1 aromatic carbocycles. The molecule has 1 aliphatic carbocycles. The fourth-order valence-corrected chi connectivity index (χ4v) is 3.73. The summed E-state index contributed by atoms with van der Waals surface area (Å²) in [6, 6.07) is 4.35. The molecule has 1 fully saturated rings. The van der Waals surface area contributed by atoms with E-state index in [4.69, 9.17) is 14.2 Å². The summed E-state index contributed by atoms with van der Waals surface area (Å²) >= 11 is 0. The Morgan fingerprint density at radius 2 is 1.96 bits per heavy atom. The molecule has 0 atom stereocenters. The monoisotopic (exact) mass is 386 g/mol. The molecule has 0 unspecified atom stereocenters. The molecular formula is C17H26N2O6S. The highest BCUT2D eigenvalue weighted by molar-refractivity contribution is 7.89. The first-order chi connectivity index (χ1) is 12.5. The summed E-state index contributed by atoms with van der Waals surface area (Å²) in [7, 11) is -0.719. The van der Waals surface area contributed by atoms with Crippen molar-refractivity contribution in [3.8, 4) is 5.75 Å². The number of ether oxygens (including phenoxy) is 3. The Labute approximate surface area is 154 Å². The minimum Gasteiger partial charge on any atom is -0.495 e. The molecule has 0 heterocycles. The molecule has 26 heavy (non-hydrogen) atoms. The largest absolute Gasteiger partial charge is 0.495 e. The molecule has 2 rings (SSSR count). The van der Waals surface area contributed by atoms with E-state index in [0.29, 0.717) is 32.8 Å². The SMILES string of the molecule is COCCOCCCNC(=O)c1ccc(OC)c(S(=O)(=O)NC2CC2)c1. The first kappa shape index (κ1) is 20.6. The molecule has 0 spiro atoms. The van der Waals surface area contributed by atoms with Crippen LogP contribution in [-0.4, -0.2) is 61.0 Å². The average molecular weight is 386 g/mol. The molecule has 0 aromatic heterocycles. The van der Waals surface area contributed by atoms with E-state index < -0.39 is 10.0 Å². The van der Waals surface area contributed by atoms with Gasteiger partial charge in [0.05, 0.1) is 20.3 Å². The summed E-state index contributed by atoms with van der Waals surface area (Å²) in [6.07, 6.45) is 2.31. The van der Waals surface area contributed by atoms with Crippen LogP contribution in [-0.2, 0) is 19.5 Å². The van der Waals surface area contributed by atoms with Gasteiger partial charge in [0.2, 0.25) is 10.0 Å². The van der Waals surface area contributed by atoms with E-state index in [1.807, 2.05) is 0 Å². The molecule has 0 aliphatic heterocycles. The molecule has 8 nitrogen and oxygen atoms in total. The minimum absolute atomic E-state index is 0.0255. The zero-order chi connectivity index (χ0) is 19.0. The van der Waals surface area contributed by atoms with E-state index in [0.717, 1.165) is 12.8 Å². The number of benzene rings is 1. The summed E-state index contributed by atoms with van der Waals surface area (Å²) in [5.74, 6) is -0.131. The van der Waals surface area contributed by atoms with E-state index in [1.54, 1.807) is 13.2 Å². The fraction of sp³-hybridized carbons (Fsp3) is 0.588.